The average Bonchev–Trinajstić information content (AvgIpc) is 2.88. The van der Waals surface area contributed by atoms with Gasteiger partial charge in [-0.1, -0.05) is 128 Å². The minimum absolute atomic E-state index is 0.162. The van der Waals surface area contributed by atoms with Gasteiger partial charge in [-0.25, -0.2) is 0 Å². The molecule has 0 saturated heterocycles. The lowest BCUT2D eigenvalue weighted by Gasteiger charge is -2.18. The number of allylic oxidation sites excluding steroid dienone is 1. The summed E-state index contributed by atoms with van der Waals surface area (Å²) in [4.78, 5) is 0. The molecule has 1 aromatic rings. The van der Waals surface area contributed by atoms with E-state index in [2.05, 4.69) is 32.9 Å². The van der Waals surface area contributed by atoms with Gasteiger partial charge in [-0.05, 0) is 24.8 Å². The van der Waals surface area contributed by atoms with E-state index in [-0.39, 0.29) is 6.79 Å². The van der Waals surface area contributed by atoms with Crippen LogP contribution in [-0.4, -0.2) is 20.0 Å². The van der Waals surface area contributed by atoms with E-state index in [1.54, 1.807) is 0 Å². The number of rotatable bonds is 25. The van der Waals surface area contributed by atoms with Crippen LogP contribution in [0.2, 0.25) is 0 Å². The molecule has 0 atom stereocenters. The van der Waals surface area contributed by atoms with E-state index in [0.29, 0.717) is 19.2 Å². The van der Waals surface area contributed by atoms with Crippen LogP contribution in [0.15, 0.2) is 42.0 Å². The van der Waals surface area contributed by atoms with Crippen molar-refractivity contribution in [1.82, 2.24) is 0 Å². The van der Waals surface area contributed by atoms with Crippen molar-refractivity contribution in [3.05, 3.63) is 47.6 Å². The maximum absolute atomic E-state index is 6.18. The van der Waals surface area contributed by atoms with Crippen molar-refractivity contribution >= 4 is 0 Å². The van der Waals surface area contributed by atoms with Crippen LogP contribution in [0.1, 0.15) is 129 Å². The summed E-state index contributed by atoms with van der Waals surface area (Å²) in [5, 5.41) is 0. The largest absolute Gasteiger partial charge is 0.491 e. The predicted molar refractivity (Wildman–Crippen MR) is 147 cm³/mol. The molecule has 0 heterocycles. The van der Waals surface area contributed by atoms with Gasteiger partial charge in [-0.2, -0.15) is 0 Å². The summed E-state index contributed by atoms with van der Waals surface area (Å²) in [6, 6.07) is 10.2. The Kier molecular flexibility index (Phi) is 21.5. The Hall–Kier alpha value is -1.68. The smallest absolute Gasteiger partial charge is 0.321 e. The zero-order chi connectivity index (χ0) is 25.2. The third-order valence-electron chi connectivity index (χ3n) is 6.09. The number of ether oxygens (including phenoxy) is 4. The monoisotopic (exact) mass is 490 g/mol. The van der Waals surface area contributed by atoms with Crippen LogP contribution in [0.5, 0.6) is 0 Å². The summed E-state index contributed by atoms with van der Waals surface area (Å²) in [6.07, 6.45) is 19.6. The highest BCUT2D eigenvalue weighted by Crippen LogP contribution is 2.18. The normalized spacial score (nSPS) is 11.9. The third kappa shape index (κ3) is 18.3. The van der Waals surface area contributed by atoms with E-state index >= 15 is 0 Å². The summed E-state index contributed by atoms with van der Waals surface area (Å²) in [5.74, 6) is 1.36. The van der Waals surface area contributed by atoms with Crippen LogP contribution in [0.25, 0.3) is 0 Å². The fourth-order valence-corrected chi connectivity index (χ4v) is 3.97. The van der Waals surface area contributed by atoms with Crippen molar-refractivity contribution in [1.29, 1.82) is 0 Å². The molecule has 1 rings (SSSR count). The Bertz CT molecular complexity index is 599. The van der Waals surface area contributed by atoms with Crippen LogP contribution in [0, 0.1) is 0 Å². The molecule has 0 aromatic heterocycles. The molecule has 35 heavy (non-hydrogen) atoms. The molecule has 0 amide bonds. The van der Waals surface area contributed by atoms with Gasteiger partial charge < -0.3 is 18.9 Å². The van der Waals surface area contributed by atoms with Crippen LogP contribution < -0.4 is 0 Å². The molecule has 1 aromatic carbocycles. The van der Waals surface area contributed by atoms with E-state index in [4.69, 9.17) is 18.9 Å². The summed E-state index contributed by atoms with van der Waals surface area (Å²) in [6.45, 7) is 8.75. The highest BCUT2D eigenvalue weighted by atomic mass is 16.7. The first-order valence-corrected chi connectivity index (χ1v) is 14.5. The fourth-order valence-electron chi connectivity index (χ4n) is 3.97. The molecule has 0 radical (unpaired) electrons. The molecule has 4 nitrogen and oxygen atoms in total. The predicted octanol–water partition coefficient (Wildman–Crippen LogP) is 9.68. The van der Waals surface area contributed by atoms with E-state index < -0.39 is 0 Å². The third-order valence-corrected chi connectivity index (χ3v) is 6.09. The molecule has 0 aliphatic carbocycles. The minimum atomic E-state index is 0.162. The Morgan fingerprint density at radius 3 is 1.69 bits per heavy atom. The second-order valence-corrected chi connectivity index (χ2v) is 9.50. The highest BCUT2D eigenvalue weighted by Gasteiger charge is 2.12. The molecule has 0 aliphatic heterocycles. The van der Waals surface area contributed by atoms with Gasteiger partial charge >= 0.3 is 5.95 Å². The molecule has 0 spiro atoms. The maximum Gasteiger partial charge on any atom is 0.321 e. The van der Waals surface area contributed by atoms with Crippen molar-refractivity contribution in [3.63, 3.8) is 0 Å². The van der Waals surface area contributed by atoms with Gasteiger partial charge in [0.25, 0.3) is 0 Å². The van der Waals surface area contributed by atoms with Gasteiger partial charge in [0, 0.05) is 6.42 Å². The van der Waals surface area contributed by atoms with Gasteiger partial charge in [0.15, 0.2) is 12.6 Å². The molecule has 202 valence electrons. The second kappa shape index (κ2) is 24.0. The van der Waals surface area contributed by atoms with Crippen LogP contribution >= 0.6 is 0 Å². The Labute approximate surface area is 216 Å². The van der Waals surface area contributed by atoms with Gasteiger partial charge in [0.2, 0.25) is 0 Å². The zero-order valence-corrected chi connectivity index (χ0v) is 23.2. The van der Waals surface area contributed by atoms with Gasteiger partial charge in [-0.3, -0.25) is 0 Å². The lowest BCUT2D eigenvalue weighted by atomic mass is 10.1. The van der Waals surface area contributed by atoms with Crippen LogP contribution in [0.4, 0.5) is 0 Å². The van der Waals surface area contributed by atoms with Crippen LogP contribution in [0.3, 0.4) is 0 Å². The molecule has 0 unspecified atom stereocenters. The highest BCUT2D eigenvalue weighted by molar-refractivity contribution is 5.13. The summed E-state index contributed by atoms with van der Waals surface area (Å²) in [7, 11) is 0. The van der Waals surface area contributed by atoms with Gasteiger partial charge in [-0.15, -0.1) is 0 Å². The first kappa shape index (κ1) is 31.4. The molecule has 4 heteroatoms. The second-order valence-electron chi connectivity index (χ2n) is 9.50. The fraction of sp³-hybridized carbons (Fsp3) is 0.742. The Balaban J connectivity index is 2.49. The quantitative estimate of drug-likeness (QED) is 0.0776. The number of hydrogen-bond donors (Lipinski definition) is 0. The summed E-state index contributed by atoms with van der Waals surface area (Å²) < 4.78 is 24.0. The molecule has 0 bridgehead atoms. The maximum atomic E-state index is 6.18. The van der Waals surface area contributed by atoms with Crippen molar-refractivity contribution in [3.8, 4) is 0 Å². The molecule has 0 aliphatic rings. The van der Waals surface area contributed by atoms with E-state index in [1.807, 2.05) is 18.2 Å². The average molecular weight is 491 g/mol. The van der Waals surface area contributed by atoms with E-state index in [9.17, 15) is 0 Å². The lowest BCUT2D eigenvalue weighted by molar-refractivity contribution is -0.0894. The summed E-state index contributed by atoms with van der Waals surface area (Å²) >= 11 is 0. The summed E-state index contributed by atoms with van der Waals surface area (Å²) in [5.41, 5.74) is 1.13. The molecular formula is C31H54O4. The molecular weight excluding hydrogens is 436 g/mol. The van der Waals surface area contributed by atoms with Crippen molar-refractivity contribution in [2.75, 3.05) is 20.0 Å². The Morgan fingerprint density at radius 2 is 1.11 bits per heavy atom. The van der Waals surface area contributed by atoms with E-state index in [1.165, 1.54) is 77.0 Å². The van der Waals surface area contributed by atoms with Gasteiger partial charge in [0.05, 0.1) is 19.8 Å². The van der Waals surface area contributed by atoms with Crippen LogP contribution in [-0.2, 0) is 25.6 Å². The Morgan fingerprint density at radius 1 is 0.571 bits per heavy atom. The number of benzene rings is 1. The zero-order valence-electron chi connectivity index (χ0n) is 23.2. The van der Waals surface area contributed by atoms with Crippen molar-refractivity contribution in [2.45, 2.75) is 130 Å². The van der Waals surface area contributed by atoms with Crippen molar-refractivity contribution < 1.29 is 18.9 Å². The molecule has 0 fully saturated rings. The lowest BCUT2D eigenvalue weighted by Crippen LogP contribution is -2.10. The number of hydrogen-bond acceptors (Lipinski definition) is 4. The van der Waals surface area contributed by atoms with Gasteiger partial charge in [0.1, 0.15) is 0 Å². The standard InChI is InChI=1S/C31H54O4/c1-4-7-9-11-13-15-20-25-33-30(22-6-3)31(34-26-21-16-14-12-10-8-5-2)35-28-32-27-29-23-18-17-19-24-29/h17-19,23-24H,4-16,20-22,25-28H2,1-3H3. The van der Waals surface area contributed by atoms with E-state index in [0.717, 1.165) is 43.6 Å². The molecule has 0 N–H and O–H groups in total. The number of unbranched alkanes of at least 4 members (excludes halogenated alkanes) is 12. The topological polar surface area (TPSA) is 36.9 Å². The molecule has 0 saturated carbocycles. The first-order chi connectivity index (χ1) is 17.3. The first-order valence-electron chi connectivity index (χ1n) is 14.5. The van der Waals surface area contributed by atoms with Crippen molar-refractivity contribution in [2.24, 2.45) is 0 Å². The minimum Gasteiger partial charge on any atom is -0.491 e. The SMILES string of the molecule is CCCCCCCCCOC(CCC)=C(OCCCCCCCCC)OCOCc1ccccc1.